The second-order valence-corrected chi connectivity index (χ2v) is 7.08. The molecule has 1 aromatic rings. The number of thioether (sulfide) groups is 1. The Morgan fingerprint density at radius 2 is 2.33 bits per heavy atom. The highest BCUT2D eigenvalue weighted by atomic mass is 32.2. The van der Waals surface area contributed by atoms with Crippen molar-refractivity contribution < 1.29 is 4.92 Å². The van der Waals surface area contributed by atoms with Crippen molar-refractivity contribution in [3.8, 4) is 0 Å². The molecule has 0 spiro atoms. The van der Waals surface area contributed by atoms with E-state index in [1.165, 1.54) is 17.4 Å². The smallest absolute Gasteiger partial charge is 0.266 e. The fourth-order valence-electron chi connectivity index (χ4n) is 1.60. The van der Waals surface area contributed by atoms with E-state index in [9.17, 15) is 10.1 Å². The Morgan fingerprint density at radius 1 is 1.62 bits per heavy atom. The molecule has 8 heteroatoms. The van der Waals surface area contributed by atoms with Gasteiger partial charge in [-0.1, -0.05) is 0 Å². The van der Waals surface area contributed by atoms with Gasteiger partial charge in [-0.15, -0.1) is 11.3 Å². The molecule has 1 aromatic heterocycles. The van der Waals surface area contributed by atoms with Gasteiger partial charge in [0.1, 0.15) is 0 Å². The van der Waals surface area contributed by atoms with Gasteiger partial charge in [0.05, 0.1) is 6.54 Å². The summed E-state index contributed by atoms with van der Waals surface area (Å²) in [6.07, 6.45) is 0. The third-order valence-corrected chi connectivity index (χ3v) is 4.88. The molecule has 0 aliphatic heterocycles. The van der Waals surface area contributed by atoms with Crippen molar-refractivity contribution in [1.82, 2.24) is 4.90 Å². The van der Waals surface area contributed by atoms with Gasteiger partial charge in [0.15, 0.2) is 5.84 Å². The van der Waals surface area contributed by atoms with Gasteiger partial charge in [-0.3, -0.25) is 15.1 Å². The quantitative estimate of drug-likeness (QED) is 0.246. The summed E-state index contributed by atoms with van der Waals surface area (Å²) in [6, 6.07) is 1.32. The largest absolute Gasteiger partial charge is 0.382 e. The average molecular weight is 330 g/mol. The Hall–Kier alpha value is -1.12. The summed E-state index contributed by atoms with van der Waals surface area (Å²) in [5.74, 6) is 1.86. The molecule has 0 aliphatic rings. The Balaban J connectivity index is 2.26. The van der Waals surface area contributed by atoms with Crippen molar-refractivity contribution in [2.45, 2.75) is 25.3 Å². The molecule has 21 heavy (non-hydrogen) atoms. The number of hydrogen-bond acceptors (Lipinski definition) is 6. The fourth-order valence-corrected chi connectivity index (χ4v) is 3.44. The zero-order valence-corrected chi connectivity index (χ0v) is 14.2. The first-order chi connectivity index (χ1) is 9.90. The van der Waals surface area contributed by atoms with Crippen molar-refractivity contribution >= 4 is 28.9 Å². The second kappa shape index (κ2) is 9.01. The number of hydrogen-bond donors (Lipinski definition) is 1. The van der Waals surface area contributed by atoms with Gasteiger partial charge >= 0.3 is 0 Å². The first kappa shape index (κ1) is 17.9. The molecule has 0 bridgehead atoms. The summed E-state index contributed by atoms with van der Waals surface area (Å²) in [5.41, 5.74) is 6.89. The highest BCUT2D eigenvalue weighted by molar-refractivity contribution is 7.98. The van der Waals surface area contributed by atoms with E-state index >= 15 is 0 Å². The van der Waals surface area contributed by atoms with E-state index in [1.807, 2.05) is 0 Å². The van der Waals surface area contributed by atoms with Gasteiger partial charge < -0.3 is 10.6 Å². The van der Waals surface area contributed by atoms with Crippen molar-refractivity contribution in [3.05, 3.63) is 32.0 Å². The fraction of sp³-hybridized carbons (Fsp3) is 0.615. The van der Waals surface area contributed by atoms with Crippen LogP contribution in [0.1, 0.15) is 17.4 Å². The van der Waals surface area contributed by atoms with Gasteiger partial charge in [0.25, 0.3) is 6.04 Å². The van der Waals surface area contributed by atoms with Gasteiger partial charge in [0.2, 0.25) is 0 Å². The van der Waals surface area contributed by atoms with Crippen LogP contribution in [0.5, 0.6) is 0 Å². The molecule has 1 heterocycles. The second-order valence-electron chi connectivity index (χ2n) is 4.98. The van der Waals surface area contributed by atoms with E-state index in [-0.39, 0.29) is 5.84 Å². The molecule has 0 saturated heterocycles. The lowest BCUT2D eigenvalue weighted by atomic mass is 10.3. The molecule has 2 N–H and O–H groups in total. The van der Waals surface area contributed by atoms with E-state index in [2.05, 4.69) is 35.4 Å². The number of aliphatic imine (C=N–C) groups is 1. The molecule has 1 rings (SSSR count). The predicted octanol–water partition coefficient (Wildman–Crippen LogP) is 2.07. The lowest BCUT2D eigenvalue weighted by molar-refractivity contribution is -0.498. The van der Waals surface area contributed by atoms with E-state index in [0.717, 1.165) is 18.1 Å². The molecular weight excluding hydrogens is 308 g/mol. The Bertz CT molecular complexity index is 488. The highest BCUT2D eigenvalue weighted by Gasteiger charge is 2.16. The van der Waals surface area contributed by atoms with Crippen LogP contribution >= 0.6 is 23.1 Å². The summed E-state index contributed by atoms with van der Waals surface area (Å²) >= 11 is 3.53. The molecule has 0 aliphatic carbocycles. The zero-order chi connectivity index (χ0) is 15.8. The van der Waals surface area contributed by atoms with Crippen LogP contribution in [-0.4, -0.2) is 48.1 Å². The molecule has 0 radical (unpaired) electrons. The Kier molecular flexibility index (Phi) is 7.69. The molecule has 1 atom stereocenters. The molecular formula is C13H22N4O2S2. The van der Waals surface area contributed by atoms with Crippen molar-refractivity contribution in [2.24, 2.45) is 10.7 Å². The number of thiophene rings is 1. The number of nitro groups is 1. The van der Waals surface area contributed by atoms with E-state index in [0.29, 0.717) is 6.54 Å². The van der Waals surface area contributed by atoms with Crippen molar-refractivity contribution in [1.29, 1.82) is 0 Å². The summed E-state index contributed by atoms with van der Waals surface area (Å²) in [7, 11) is 4.11. The normalized spacial score (nSPS) is 13.6. The first-order valence-electron chi connectivity index (χ1n) is 6.62. The van der Waals surface area contributed by atoms with E-state index < -0.39 is 11.0 Å². The number of nitrogens with two attached hydrogens (primary N) is 1. The van der Waals surface area contributed by atoms with Gasteiger partial charge in [-0.05, 0) is 31.1 Å². The average Bonchev–Trinajstić information content (AvgIpc) is 2.83. The lowest BCUT2D eigenvalue weighted by Gasteiger charge is -2.06. The molecule has 0 fully saturated rings. The molecule has 0 saturated carbocycles. The predicted molar refractivity (Wildman–Crippen MR) is 90.8 cm³/mol. The standard InChI is InChI=1S/C13H22N4O2S2/c1-10(17(18)19)13(14)15-4-5-20-9-12-6-11(8-21-12)7-16(2)3/h6,8,10H,4-5,7,9H2,1-3H3,(H2,14,15). The maximum absolute atomic E-state index is 10.5. The van der Waals surface area contributed by atoms with Crippen LogP contribution in [0.3, 0.4) is 0 Å². The zero-order valence-electron chi connectivity index (χ0n) is 12.6. The van der Waals surface area contributed by atoms with Crippen molar-refractivity contribution in [2.75, 3.05) is 26.4 Å². The first-order valence-corrected chi connectivity index (χ1v) is 8.65. The molecule has 0 amide bonds. The Labute approximate surface area is 133 Å². The topological polar surface area (TPSA) is 84.8 Å². The van der Waals surface area contributed by atoms with Crippen LogP contribution in [0.15, 0.2) is 16.4 Å². The van der Waals surface area contributed by atoms with E-state index in [4.69, 9.17) is 5.73 Å². The summed E-state index contributed by atoms with van der Waals surface area (Å²) in [5, 5.41) is 12.7. The summed E-state index contributed by atoms with van der Waals surface area (Å²) in [4.78, 5) is 17.6. The Morgan fingerprint density at radius 3 is 2.95 bits per heavy atom. The SMILES string of the molecule is CC(C(N)=NCCSCc1cc(CN(C)C)cs1)[N+](=O)[O-]. The lowest BCUT2D eigenvalue weighted by Crippen LogP contribution is -2.33. The molecule has 0 aromatic carbocycles. The minimum Gasteiger partial charge on any atom is -0.382 e. The maximum atomic E-state index is 10.5. The number of amidine groups is 1. The highest BCUT2D eigenvalue weighted by Crippen LogP contribution is 2.21. The van der Waals surface area contributed by atoms with E-state index in [1.54, 1.807) is 23.1 Å². The minimum absolute atomic E-state index is 0.102. The van der Waals surface area contributed by atoms with Crippen LogP contribution < -0.4 is 5.73 Å². The molecule has 118 valence electrons. The maximum Gasteiger partial charge on any atom is 0.266 e. The van der Waals surface area contributed by atoms with Gasteiger partial charge in [-0.25, -0.2) is 0 Å². The number of nitrogens with zero attached hydrogens (tertiary/aromatic N) is 3. The number of rotatable bonds is 9. The van der Waals surface area contributed by atoms with Crippen LogP contribution in [0, 0.1) is 10.1 Å². The summed E-state index contributed by atoms with van der Waals surface area (Å²) in [6.45, 7) is 2.93. The van der Waals surface area contributed by atoms with Crippen LogP contribution in [0.2, 0.25) is 0 Å². The van der Waals surface area contributed by atoms with Crippen LogP contribution in [0.25, 0.3) is 0 Å². The van der Waals surface area contributed by atoms with Crippen LogP contribution in [-0.2, 0) is 12.3 Å². The van der Waals surface area contributed by atoms with Crippen molar-refractivity contribution in [3.63, 3.8) is 0 Å². The molecule has 1 unspecified atom stereocenters. The third kappa shape index (κ3) is 6.92. The van der Waals surface area contributed by atoms with Gasteiger partial charge in [-0.2, -0.15) is 11.8 Å². The monoisotopic (exact) mass is 330 g/mol. The summed E-state index contributed by atoms with van der Waals surface area (Å²) < 4.78 is 0. The third-order valence-electron chi connectivity index (χ3n) is 2.73. The minimum atomic E-state index is -0.902. The van der Waals surface area contributed by atoms with Crippen LogP contribution in [0.4, 0.5) is 0 Å². The molecule has 6 nitrogen and oxygen atoms in total. The van der Waals surface area contributed by atoms with Gasteiger partial charge in [0, 0.05) is 34.8 Å².